The Hall–Kier alpha value is -1.22. The molecule has 0 bridgehead atoms. The fourth-order valence-corrected chi connectivity index (χ4v) is 8.98. The maximum Gasteiger partial charge on any atom is 0.221 e. The average Bonchev–Trinajstić information content (AvgIpc) is 3.21. The van der Waals surface area contributed by atoms with Gasteiger partial charge in [0, 0.05) is 39.0 Å². The van der Waals surface area contributed by atoms with Crippen molar-refractivity contribution in [1.29, 1.82) is 0 Å². The quantitative estimate of drug-likeness (QED) is 0.0459. The third-order valence-electron chi connectivity index (χ3n) is 12.7. The van der Waals surface area contributed by atoms with Gasteiger partial charge in [0.05, 0.1) is 12.3 Å². The minimum Gasteiger partial charge on any atom is -0.341 e. The number of nitrogens with one attached hydrogen (secondary N) is 2. The Morgan fingerprint density at radius 3 is 0.964 bits per heavy atom. The highest BCUT2D eigenvalue weighted by atomic mass is 16.2. The van der Waals surface area contributed by atoms with Gasteiger partial charge in [-0.15, -0.1) is 0 Å². The third kappa shape index (κ3) is 28.2. The summed E-state index contributed by atoms with van der Waals surface area (Å²) in [4.78, 5) is 31.6. The van der Waals surface area contributed by atoms with E-state index in [1.807, 2.05) is 0 Å². The predicted molar refractivity (Wildman–Crippen MR) is 243 cm³/mol. The minimum atomic E-state index is 0.0651. The third-order valence-corrected chi connectivity index (χ3v) is 12.7. The number of carbonyl (C=O) groups excluding carboxylic acids is 2. The second-order valence-electron chi connectivity index (χ2n) is 17.7. The summed E-state index contributed by atoms with van der Waals surface area (Å²) >= 11 is 0. The van der Waals surface area contributed by atoms with Crippen LogP contribution in [-0.2, 0) is 9.59 Å². The molecule has 56 heavy (non-hydrogen) atoms. The molecule has 0 spiro atoms. The highest BCUT2D eigenvalue weighted by Crippen LogP contribution is 2.23. The summed E-state index contributed by atoms with van der Waals surface area (Å²) in [7, 11) is 0. The maximum absolute atomic E-state index is 13.4. The Labute approximate surface area is 349 Å². The molecule has 0 radical (unpaired) electrons. The number of piperazine rings is 1. The fraction of sp³-hybridized carbons (Fsp3) is 0.958. The summed E-state index contributed by atoms with van der Waals surface area (Å²) in [5, 5.41) is 6.83. The normalized spacial score (nSPS) is 16.1. The number of nitrogens with zero attached hydrogens (tertiary/aromatic N) is 2. The largest absolute Gasteiger partial charge is 0.341 e. The Kier molecular flexibility index (Phi) is 35.8. The number of hydrogen-bond donors (Lipinski definition) is 4. The van der Waals surface area contributed by atoms with Gasteiger partial charge in [0.2, 0.25) is 11.8 Å². The van der Waals surface area contributed by atoms with Gasteiger partial charge in [0.15, 0.2) is 0 Å². The highest BCUT2D eigenvalue weighted by molar-refractivity contribution is 5.76. The van der Waals surface area contributed by atoms with Crippen LogP contribution in [0.25, 0.3) is 0 Å². The van der Waals surface area contributed by atoms with E-state index in [1.54, 1.807) is 0 Å². The van der Waals surface area contributed by atoms with E-state index in [9.17, 15) is 9.59 Å². The van der Waals surface area contributed by atoms with Crippen LogP contribution in [0.15, 0.2) is 0 Å². The van der Waals surface area contributed by atoms with E-state index in [0.717, 1.165) is 77.5 Å². The minimum absolute atomic E-state index is 0.0651. The summed E-state index contributed by atoms with van der Waals surface area (Å²) in [5.41, 5.74) is 11.8. The Morgan fingerprint density at radius 1 is 0.429 bits per heavy atom. The number of rotatable bonds is 40. The topological polar surface area (TPSA) is 117 Å². The van der Waals surface area contributed by atoms with E-state index < -0.39 is 0 Å². The molecule has 1 aliphatic heterocycles. The second kappa shape index (κ2) is 38.0. The van der Waals surface area contributed by atoms with Crippen molar-refractivity contribution >= 4 is 11.8 Å². The van der Waals surface area contributed by atoms with Gasteiger partial charge in [-0.3, -0.25) is 19.4 Å². The van der Waals surface area contributed by atoms with Crippen molar-refractivity contribution in [1.82, 2.24) is 20.4 Å². The molecule has 2 amide bonds. The van der Waals surface area contributed by atoms with Crippen LogP contribution in [0.3, 0.4) is 0 Å². The number of unbranched alkanes of at least 4 members (excludes halogenated alkanes) is 20. The van der Waals surface area contributed by atoms with Crippen molar-refractivity contribution in [2.24, 2.45) is 23.3 Å². The van der Waals surface area contributed by atoms with Gasteiger partial charge in [-0.2, -0.15) is 0 Å². The molecule has 1 heterocycles. The zero-order valence-electron chi connectivity index (χ0n) is 38.0. The molecule has 1 rings (SSSR count). The zero-order chi connectivity index (χ0) is 40.9. The Bertz CT molecular complexity index is 812. The van der Waals surface area contributed by atoms with Crippen molar-refractivity contribution in [2.45, 2.75) is 245 Å². The molecule has 4 unspecified atom stereocenters. The van der Waals surface area contributed by atoms with Crippen LogP contribution >= 0.6 is 0 Å². The molecule has 1 saturated heterocycles. The molecule has 8 nitrogen and oxygen atoms in total. The first-order valence-electron chi connectivity index (χ1n) is 24.9. The molecule has 0 aliphatic carbocycles. The monoisotopic (exact) mass is 791 g/mol. The van der Waals surface area contributed by atoms with E-state index in [2.05, 4.69) is 48.1 Å². The van der Waals surface area contributed by atoms with E-state index in [-0.39, 0.29) is 24.1 Å². The summed E-state index contributed by atoms with van der Waals surface area (Å²) in [5.74, 6) is 1.24. The molecule has 8 heteroatoms. The summed E-state index contributed by atoms with van der Waals surface area (Å²) in [6, 6.07) is 0. The van der Waals surface area contributed by atoms with E-state index in [0.29, 0.717) is 37.8 Å². The smallest absolute Gasteiger partial charge is 0.221 e. The van der Waals surface area contributed by atoms with Crippen molar-refractivity contribution in [2.75, 3.05) is 39.3 Å². The molecule has 6 N–H and O–H groups in total. The molecule has 0 aromatic carbocycles. The van der Waals surface area contributed by atoms with E-state index in [4.69, 9.17) is 11.5 Å². The summed E-state index contributed by atoms with van der Waals surface area (Å²) in [6.45, 7) is 13.9. The second-order valence-corrected chi connectivity index (χ2v) is 17.7. The Balaban J connectivity index is 2.42. The molecule has 1 fully saturated rings. The highest BCUT2D eigenvalue weighted by Gasteiger charge is 2.28. The fourth-order valence-electron chi connectivity index (χ4n) is 8.98. The number of hydrogen-bond acceptors (Lipinski definition) is 6. The van der Waals surface area contributed by atoms with E-state index in [1.165, 1.54) is 141 Å². The number of amides is 2. The van der Waals surface area contributed by atoms with Crippen molar-refractivity contribution in [3.8, 4) is 0 Å². The van der Waals surface area contributed by atoms with Gasteiger partial charge in [0.1, 0.15) is 0 Å². The zero-order valence-corrected chi connectivity index (χ0v) is 38.0. The van der Waals surface area contributed by atoms with Crippen LogP contribution < -0.4 is 22.1 Å². The lowest BCUT2D eigenvalue weighted by Gasteiger charge is -2.42. The molecule has 1 aliphatic rings. The number of carbonyl (C=O) groups is 2. The lowest BCUT2D eigenvalue weighted by Crippen LogP contribution is -2.59. The summed E-state index contributed by atoms with van der Waals surface area (Å²) < 4.78 is 0. The van der Waals surface area contributed by atoms with E-state index >= 15 is 0 Å². The standard InChI is InChI=1S/C48H98N6O2/c1-5-9-11-13-15-17-19-21-23-25-27-31-43(33-29-35-49)41-47(55)51-45(7-3)53-37-39-54(40-38-53)46(8-4)52-48(56)42-44(34-30-36-50)32-28-26-24-22-20-18-16-14-12-10-6-2/h43-46H,5-42,49-50H2,1-4H3,(H,51,55)(H,52,56). The lowest BCUT2D eigenvalue weighted by molar-refractivity contribution is -0.126. The number of nitrogens with two attached hydrogens (primary N) is 2. The van der Waals surface area contributed by atoms with Gasteiger partial charge < -0.3 is 22.1 Å². The lowest BCUT2D eigenvalue weighted by atomic mass is 9.92. The van der Waals surface area contributed by atoms with Crippen LogP contribution in [-0.4, -0.2) is 73.2 Å². The first-order chi connectivity index (χ1) is 27.4. The molecule has 0 aromatic heterocycles. The van der Waals surface area contributed by atoms with Crippen LogP contribution in [0.4, 0.5) is 0 Å². The van der Waals surface area contributed by atoms with Gasteiger partial charge in [-0.25, -0.2) is 0 Å². The molecular formula is C48H98N6O2. The van der Waals surface area contributed by atoms with Crippen molar-refractivity contribution < 1.29 is 9.59 Å². The van der Waals surface area contributed by atoms with Crippen LogP contribution in [0.2, 0.25) is 0 Å². The van der Waals surface area contributed by atoms with Crippen LogP contribution in [0.1, 0.15) is 233 Å². The molecule has 0 aromatic rings. The molecular weight excluding hydrogens is 693 g/mol. The SMILES string of the molecule is CCCCCCCCCCCCCC(CCCN)CC(=O)NC(CC)N1CCN(C(CC)NC(=O)CC(CCCN)CCCCCCCCCCCCC)CC1. The first kappa shape index (κ1) is 52.8. The first-order valence-corrected chi connectivity index (χ1v) is 24.9. The van der Waals surface area contributed by atoms with Crippen molar-refractivity contribution in [3.63, 3.8) is 0 Å². The Morgan fingerprint density at radius 2 is 0.696 bits per heavy atom. The molecule has 4 atom stereocenters. The molecule has 0 saturated carbocycles. The van der Waals surface area contributed by atoms with Gasteiger partial charge in [-0.05, 0) is 76.3 Å². The predicted octanol–water partition coefficient (Wildman–Crippen LogP) is 11.2. The van der Waals surface area contributed by atoms with Crippen LogP contribution in [0.5, 0.6) is 0 Å². The molecule has 332 valence electrons. The van der Waals surface area contributed by atoms with Gasteiger partial charge in [-0.1, -0.05) is 169 Å². The van der Waals surface area contributed by atoms with Crippen molar-refractivity contribution in [3.05, 3.63) is 0 Å². The summed E-state index contributed by atoms with van der Waals surface area (Å²) in [6.07, 6.45) is 39.3. The van der Waals surface area contributed by atoms with Gasteiger partial charge in [0.25, 0.3) is 0 Å². The van der Waals surface area contributed by atoms with Crippen LogP contribution in [0, 0.1) is 11.8 Å². The average molecular weight is 791 g/mol. The van der Waals surface area contributed by atoms with Gasteiger partial charge >= 0.3 is 0 Å². The maximum atomic E-state index is 13.4.